The van der Waals surface area contributed by atoms with Crippen molar-refractivity contribution in [1.82, 2.24) is 15.0 Å². The number of nitrogens with zero attached hydrogens (tertiary/aromatic N) is 3. The van der Waals surface area contributed by atoms with Crippen molar-refractivity contribution in [3.05, 3.63) is 65.9 Å². The predicted octanol–water partition coefficient (Wildman–Crippen LogP) is 3.63. The minimum atomic E-state index is -0.127. The molecule has 2 aromatic carbocycles. The van der Waals surface area contributed by atoms with Gasteiger partial charge in [-0.05, 0) is 55.9 Å². The summed E-state index contributed by atoms with van der Waals surface area (Å²) in [4.78, 5) is 12.7. The molecule has 1 aromatic heterocycles. The highest BCUT2D eigenvalue weighted by Crippen LogP contribution is 2.26. The van der Waals surface area contributed by atoms with Crippen molar-refractivity contribution in [2.45, 2.75) is 38.8 Å². The summed E-state index contributed by atoms with van der Waals surface area (Å²) >= 11 is 0. The number of carbonyl (C=O) groups excluding carboxylic acids is 1. The van der Waals surface area contributed by atoms with Crippen molar-refractivity contribution >= 4 is 11.6 Å². The molecule has 2 atom stereocenters. The van der Waals surface area contributed by atoms with Crippen LogP contribution in [0.2, 0.25) is 0 Å². The van der Waals surface area contributed by atoms with Gasteiger partial charge in [0.15, 0.2) is 0 Å². The lowest BCUT2D eigenvalue weighted by Crippen LogP contribution is -2.16. The summed E-state index contributed by atoms with van der Waals surface area (Å²) in [5.74, 6) is 0.438. The SMILES string of the molecule is Cc1ccc(-c2cn(C[C@@H]3CC[C@H](N)C3)nn2)cc1C(=O)Nc1ccccc1. The molecule has 3 N–H and O–H groups in total. The molecule has 0 aliphatic heterocycles. The highest BCUT2D eigenvalue weighted by Gasteiger charge is 2.22. The Hall–Kier alpha value is -2.99. The zero-order chi connectivity index (χ0) is 19.5. The standard InChI is InChI=1S/C22H25N5O/c1-15-7-9-17(12-20(15)22(28)24-19-5-3-2-4-6-19)21-14-27(26-25-21)13-16-8-10-18(23)11-16/h2-7,9,12,14,16,18H,8,10-11,13,23H2,1H3,(H,24,28)/t16-,18+/m1/s1. The Kier molecular flexibility index (Phi) is 5.21. The summed E-state index contributed by atoms with van der Waals surface area (Å²) in [5.41, 5.74) is 10.0. The molecule has 6 nitrogen and oxygen atoms in total. The molecule has 144 valence electrons. The second-order valence-electron chi connectivity index (χ2n) is 7.61. The van der Waals surface area contributed by atoms with E-state index in [0.717, 1.165) is 48.3 Å². The van der Waals surface area contributed by atoms with Gasteiger partial charge in [0, 0.05) is 29.4 Å². The molecule has 1 amide bonds. The van der Waals surface area contributed by atoms with E-state index in [-0.39, 0.29) is 5.91 Å². The lowest BCUT2D eigenvalue weighted by molar-refractivity contribution is 0.102. The van der Waals surface area contributed by atoms with Crippen LogP contribution in [0.3, 0.4) is 0 Å². The summed E-state index contributed by atoms with van der Waals surface area (Å²) < 4.78 is 1.89. The normalized spacial score (nSPS) is 18.9. The lowest BCUT2D eigenvalue weighted by atomic mass is 10.0. The third-order valence-electron chi connectivity index (χ3n) is 5.38. The minimum absolute atomic E-state index is 0.127. The van der Waals surface area contributed by atoms with Crippen LogP contribution < -0.4 is 11.1 Å². The van der Waals surface area contributed by atoms with Gasteiger partial charge in [-0.1, -0.05) is 35.5 Å². The Morgan fingerprint density at radius 3 is 2.79 bits per heavy atom. The number of hydrogen-bond donors (Lipinski definition) is 2. The summed E-state index contributed by atoms with van der Waals surface area (Å²) in [6.07, 6.45) is 5.23. The van der Waals surface area contributed by atoms with Crippen LogP contribution in [-0.4, -0.2) is 26.9 Å². The lowest BCUT2D eigenvalue weighted by Gasteiger charge is -2.09. The number of hydrogen-bond acceptors (Lipinski definition) is 4. The fraction of sp³-hybridized carbons (Fsp3) is 0.318. The van der Waals surface area contributed by atoms with Gasteiger partial charge in [0.25, 0.3) is 5.91 Å². The maximum absolute atomic E-state index is 12.7. The molecule has 4 rings (SSSR count). The van der Waals surface area contributed by atoms with Gasteiger partial charge in [-0.3, -0.25) is 9.48 Å². The number of aromatic nitrogens is 3. The van der Waals surface area contributed by atoms with Gasteiger partial charge in [-0.25, -0.2) is 0 Å². The molecule has 28 heavy (non-hydrogen) atoms. The molecule has 0 radical (unpaired) electrons. The minimum Gasteiger partial charge on any atom is -0.328 e. The summed E-state index contributed by atoms with van der Waals surface area (Å²) in [7, 11) is 0. The van der Waals surface area contributed by atoms with Gasteiger partial charge >= 0.3 is 0 Å². The maximum Gasteiger partial charge on any atom is 0.255 e. The van der Waals surface area contributed by atoms with E-state index in [9.17, 15) is 4.79 Å². The Morgan fingerprint density at radius 2 is 2.04 bits per heavy atom. The molecule has 1 fully saturated rings. The molecule has 1 aliphatic rings. The third kappa shape index (κ3) is 4.12. The van der Waals surface area contributed by atoms with Crippen LogP contribution in [0.15, 0.2) is 54.7 Å². The average Bonchev–Trinajstić information content (AvgIpc) is 3.32. The summed E-state index contributed by atoms with van der Waals surface area (Å²) in [6.45, 7) is 2.78. The van der Waals surface area contributed by atoms with Crippen LogP contribution in [0.4, 0.5) is 5.69 Å². The number of nitrogens with one attached hydrogen (secondary N) is 1. The number of para-hydroxylation sites is 1. The summed E-state index contributed by atoms with van der Waals surface area (Å²) in [5, 5.41) is 11.5. The van der Waals surface area contributed by atoms with E-state index in [2.05, 4.69) is 15.6 Å². The number of aryl methyl sites for hydroxylation is 1. The van der Waals surface area contributed by atoms with E-state index >= 15 is 0 Å². The molecule has 6 heteroatoms. The zero-order valence-corrected chi connectivity index (χ0v) is 16.0. The molecule has 1 heterocycles. The molecule has 1 saturated carbocycles. The van der Waals surface area contributed by atoms with E-state index in [1.165, 1.54) is 0 Å². The summed E-state index contributed by atoms with van der Waals surface area (Å²) in [6, 6.07) is 15.6. The van der Waals surface area contributed by atoms with E-state index in [1.807, 2.05) is 66.3 Å². The first-order valence-electron chi connectivity index (χ1n) is 9.71. The van der Waals surface area contributed by atoms with Gasteiger partial charge in [0.1, 0.15) is 5.69 Å². The molecule has 0 bridgehead atoms. The van der Waals surface area contributed by atoms with Crippen LogP contribution in [-0.2, 0) is 6.54 Å². The van der Waals surface area contributed by atoms with Crippen molar-refractivity contribution in [3.8, 4) is 11.3 Å². The average molecular weight is 375 g/mol. The number of benzene rings is 2. The third-order valence-corrected chi connectivity index (χ3v) is 5.38. The van der Waals surface area contributed by atoms with E-state index in [0.29, 0.717) is 17.5 Å². The van der Waals surface area contributed by atoms with Gasteiger partial charge in [-0.2, -0.15) is 0 Å². The molecule has 3 aromatic rings. The molecular formula is C22H25N5O. The van der Waals surface area contributed by atoms with Crippen LogP contribution in [0, 0.1) is 12.8 Å². The van der Waals surface area contributed by atoms with E-state index in [1.54, 1.807) is 0 Å². The fourth-order valence-corrected chi connectivity index (χ4v) is 3.81. The first kappa shape index (κ1) is 18.4. The predicted molar refractivity (Wildman–Crippen MR) is 110 cm³/mol. The van der Waals surface area contributed by atoms with Crippen molar-refractivity contribution in [2.24, 2.45) is 11.7 Å². The molecule has 0 saturated heterocycles. The van der Waals surface area contributed by atoms with Crippen molar-refractivity contribution in [1.29, 1.82) is 0 Å². The maximum atomic E-state index is 12.7. The molecular weight excluding hydrogens is 350 g/mol. The Morgan fingerprint density at radius 1 is 1.21 bits per heavy atom. The largest absolute Gasteiger partial charge is 0.328 e. The molecule has 1 aliphatic carbocycles. The van der Waals surface area contributed by atoms with Gasteiger partial charge < -0.3 is 11.1 Å². The van der Waals surface area contributed by atoms with Crippen LogP contribution >= 0.6 is 0 Å². The number of rotatable bonds is 5. The van der Waals surface area contributed by atoms with Gasteiger partial charge in [-0.15, -0.1) is 5.10 Å². The number of carbonyl (C=O) groups is 1. The first-order chi connectivity index (χ1) is 13.6. The van der Waals surface area contributed by atoms with E-state index < -0.39 is 0 Å². The van der Waals surface area contributed by atoms with Crippen LogP contribution in [0.25, 0.3) is 11.3 Å². The zero-order valence-electron chi connectivity index (χ0n) is 16.0. The topological polar surface area (TPSA) is 85.8 Å². The van der Waals surface area contributed by atoms with Crippen molar-refractivity contribution < 1.29 is 4.79 Å². The molecule has 0 unspecified atom stereocenters. The number of anilines is 1. The van der Waals surface area contributed by atoms with Crippen LogP contribution in [0.5, 0.6) is 0 Å². The molecule has 0 spiro atoms. The number of nitrogens with two attached hydrogens (primary N) is 1. The Bertz CT molecular complexity index is 966. The van der Waals surface area contributed by atoms with Crippen molar-refractivity contribution in [3.63, 3.8) is 0 Å². The second-order valence-corrected chi connectivity index (χ2v) is 7.61. The van der Waals surface area contributed by atoms with Crippen molar-refractivity contribution in [2.75, 3.05) is 5.32 Å². The Labute approximate surface area is 164 Å². The highest BCUT2D eigenvalue weighted by molar-refractivity contribution is 6.05. The first-order valence-corrected chi connectivity index (χ1v) is 9.71. The van der Waals surface area contributed by atoms with Gasteiger partial charge in [0.2, 0.25) is 0 Å². The Balaban J connectivity index is 1.51. The van der Waals surface area contributed by atoms with Crippen LogP contribution in [0.1, 0.15) is 35.2 Å². The second kappa shape index (κ2) is 7.94. The quantitative estimate of drug-likeness (QED) is 0.713. The van der Waals surface area contributed by atoms with E-state index in [4.69, 9.17) is 5.73 Å². The fourth-order valence-electron chi connectivity index (χ4n) is 3.81. The van der Waals surface area contributed by atoms with Gasteiger partial charge in [0.05, 0.1) is 6.20 Å². The smallest absolute Gasteiger partial charge is 0.255 e. The monoisotopic (exact) mass is 375 g/mol. The highest BCUT2D eigenvalue weighted by atomic mass is 16.1. The number of amides is 1.